The standard InChI is InChI=1S/C14H20N2O3S2/c1-2-19-12-6-4-8-16(10-12)21(17,18)13-7-3-5-11(9-13)14(15)20/h3,5,7,9,12H,2,4,6,8,10H2,1H3,(H2,15,20). The van der Waals surface area contributed by atoms with Crippen molar-refractivity contribution in [2.24, 2.45) is 5.73 Å². The maximum atomic E-state index is 12.7. The summed E-state index contributed by atoms with van der Waals surface area (Å²) in [5, 5.41) is 0. The Kier molecular flexibility index (Phi) is 5.32. The molecule has 1 aromatic carbocycles. The van der Waals surface area contributed by atoms with Crippen LogP contribution in [0.3, 0.4) is 0 Å². The van der Waals surface area contributed by atoms with E-state index in [1.165, 1.54) is 10.4 Å². The lowest BCUT2D eigenvalue weighted by atomic mass is 10.1. The summed E-state index contributed by atoms with van der Waals surface area (Å²) in [6, 6.07) is 6.47. The summed E-state index contributed by atoms with van der Waals surface area (Å²) in [5.74, 6) is 0. The highest BCUT2D eigenvalue weighted by atomic mass is 32.2. The predicted octanol–water partition coefficient (Wildman–Crippen LogP) is 1.51. The highest BCUT2D eigenvalue weighted by Crippen LogP contribution is 2.22. The smallest absolute Gasteiger partial charge is 0.243 e. The zero-order chi connectivity index (χ0) is 15.5. The van der Waals surface area contributed by atoms with Crippen molar-refractivity contribution < 1.29 is 13.2 Å². The molecule has 116 valence electrons. The molecule has 0 saturated carbocycles. The third-order valence-electron chi connectivity index (χ3n) is 3.50. The van der Waals surface area contributed by atoms with Gasteiger partial charge >= 0.3 is 0 Å². The Balaban J connectivity index is 2.25. The Morgan fingerprint density at radius 3 is 2.95 bits per heavy atom. The Hall–Kier alpha value is -1.02. The number of benzene rings is 1. The molecule has 1 saturated heterocycles. The summed E-state index contributed by atoms with van der Waals surface area (Å²) in [5.41, 5.74) is 6.13. The van der Waals surface area contributed by atoms with Crippen LogP contribution in [-0.2, 0) is 14.8 Å². The van der Waals surface area contributed by atoms with Crippen LogP contribution in [0.1, 0.15) is 25.3 Å². The molecule has 1 unspecified atom stereocenters. The van der Waals surface area contributed by atoms with Crippen molar-refractivity contribution in [2.45, 2.75) is 30.8 Å². The van der Waals surface area contributed by atoms with Crippen LogP contribution in [0.15, 0.2) is 29.2 Å². The number of nitrogens with two attached hydrogens (primary N) is 1. The fourth-order valence-corrected chi connectivity index (χ4v) is 4.14. The van der Waals surface area contributed by atoms with Crippen LogP contribution in [-0.4, -0.2) is 43.5 Å². The molecule has 2 rings (SSSR count). The third-order valence-corrected chi connectivity index (χ3v) is 5.60. The molecule has 0 aromatic heterocycles. The molecule has 1 aromatic rings. The van der Waals surface area contributed by atoms with E-state index in [0.717, 1.165) is 12.8 Å². The van der Waals surface area contributed by atoms with Gasteiger partial charge in [0.2, 0.25) is 10.0 Å². The summed E-state index contributed by atoms with van der Waals surface area (Å²) >= 11 is 4.90. The Morgan fingerprint density at radius 1 is 1.52 bits per heavy atom. The molecule has 0 bridgehead atoms. The van der Waals surface area contributed by atoms with Gasteiger partial charge in [0.15, 0.2) is 0 Å². The lowest BCUT2D eigenvalue weighted by Gasteiger charge is -2.31. The first-order valence-electron chi connectivity index (χ1n) is 6.96. The number of nitrogens with zero attached hydrogens (tertiary/aromatic N) is 1. The van der Waals surface area contributed by atoms with Crippen molar-refractivity contribution in [1.82, 2.24) is 4.31 Å². The largest absolute Gasteiger partial charge is 0.389 e. The van der Waals surface area contributed by atoms with E-state index < -0.39 is 10.0 Å². The molecule has 0 amide bonds. The number of thiocarbonyl (C=S) groups is 1. The molecule has 1 fully saturated rings. The molecule has 21 heavy (non-hydrogen) atoms. The highest BCUT2D eigenvalue weighted by Gasteiger charge is 2.30. The van der Waals surface area contributed by atoms with Gasteiger partial charge in [-0.05, 0) is 31.9 Å². The molecule has 1 aliphatic rings. The van der Waals surface area contributed by atoms with Gasteiger partial charge in [-0.1, -0.05) is 24.4 Å². The lowest BCUT2D eigenvalue weighted by Crippen LogP contribution is -2.43. The summed E-state index contributed by atoms with van der Waals surface area (Å²) in [7, 11) is -3.53. The molecule has 2 N–H and O–H groups in total. The van der Waals surface area contributed by atoms with Gasteiger partial charge in [-0.15, -0.1) is 0 Å². The van der Waals surface area contributed by atoms with Gasteiger partial charge in [-0.3, -0.25) is 0 Å². The van der Waals surface area contributed by atoms with E-state index >= 15 is 0 Å². The molecule has 1 heterocycles. The average molecular weight is 328 g/mol. The van der Waals surface area contributed by atoms with Crippen molar-refractivity contribution in [2.75, 3.05) is 19.7 Å². The fourth-order valence-electron chi connectivity index (χ4n) is 2.45. The van der Waals surface area contributed by atoms with Crippen LogP contribution in [0.4, 0.5) is 0 Å². The molecule has 1 atom stereocenters. The van der Waals surface area contributed by atoms with E-state index in [1.807, 2.05) is 6.92 Å². The van der Waals surface area contributed by atoms with Crippen LogP contribution in [0.5, 0.6) is 0 Å². The van der Waals surface area contributed by atoms with E-state index in [1.54, 1.807) is 18.2 Å². The van der Waals surface area contributed by atoms with Crippen LogP contribution in [0.2, 0.25) is 0 Å². The fraction of sp³-hybridized carbons (Fsp3) is 0.500. The Labute approximate surface area is 131 Å². The second-order valence-corrected chi connectivity index (χ2v) is 7.35. The van der Waals surface area contributed by atoms with Crippen LogP contribution >= 0.6 is 12.2 Å². The van der Waals surface area contributed by atoms with E-state index in [0.29, 0.717) is 25.3 Å². The van der Waals surface area contributed by atoms with Crippen molar-refractivity contribution in [3.05, 3.63) is 29.8 Å². The summed E-state index contributed by atoms with van der Waals surface area (Å²) in [6.07, 6.45) is 1.67. The third kappa shape index (κ3) is 3.79. The summed E-state index contributed by atoms with van der Waals surface area (Å²) < 4.78 is 32.4. The van der Waals surface area contributed by atoms with Gasteiger partial charge in [-0.25, -0.2) is 8.42 Å². The van der Waals surface area contributed by atoms with Gasteiger partial charge < -0.3 is 10.5 Å². The Bertz CT molecular complexity index is 614. The maximum Gasteiger partial charge on any atom is 0.243 e. The minimum absolute atomic E-state index is 0.0303. The minimum atomic E-state index is -3.53. The van der Waals surface area contributed by atoms with Gasteiger partial charge in [0.25, 0.3) is 0 Å². The lowest BCUT2D eigenvalue weighted by molar-refractivity contribution is 0.0265. The van der Waals surface area contributed by atoms with Crippen LogP contribution < -0.4 is 5.73 Å². The number of hydrogen-bond donors (Lipinski definition) is 1. The van der Waals surface area contributed by atoms with E-state index in [9.17, 15) is 8.42 Å². The molecular weight excluding hydrogens is 308 g/mol. The molecule has 0 spiro atoms. The maximum absolute atomic E-state index is 12.7. The first-order valence-corrected chi connectivity index (χ1v) is 8.81. The highest BCUT2D eigenvalue weighted by molar-refractivity contribution is 7.89. The zero-order valence-electron chi connectivity index (χ0n) is 12.0. The first-order chi connectivity index (χ1) is 9.95. The van der Waals surface area contributed by atoms with Crippen molar-refractivity contribution in [1.29, 1.82) is 0 Å². The molecule has 1 aliphatic heterocycles. The van der Waals surface area contributed by atoms with E-state index in [-0.39, 0.29) is 16.0 Å². The number of ether oxygens (including phenoxy) is 1. The topological polar surface area (TPSA) is 72.6 Å². The summed E-state index contributed by atoms with van der Waals surface area (Å²) in [4.78, 5) is 0.419. The van der Waals surface area contributed by atoms with Crippen LogP contribution in [0.25, 0.3) is 0 Å². The Morgan fingerprint density at radius 2 is 2.29 bits per heavy atom. The quantitative estimate of drug-likeness (QED) is 0.830. The van der Waals surface area contributed by atoms with Gasteiger partial charge in [0.05, 0.1) is 11.0 Å². The number of rotatable bonds is 5. The number of piperidine rings is 1. The SMILES string of the molecule is CCOC1CCCN(S(=O)(=O)c2cccc(C(N)=S)c2)C1. The second-order valence-electron chi connectivity index (χ2n) is 4.97. The zero-order valence-corrected chi connectivity index (χ0v) is 13.6. The number of hydrogen-bond acceptors (Lipinski definition) is 4. The minimum Gasteiger partial charge on any atom is -0.389 e. The van der Waals surface area contributed by atoms with Gasteiger partial charge in [0.1, 0.15) is 4.99 Å². The molecular formula is C14H20N2O3S2. The normalized spacial score (nSPS) is 20.3. The molecule has 0 aliphatic carbocycles. The van der Waals surface area contributed by atoms with Crippen molar-refractivity contribution in [3.63, 3.8) is 0 Å². The average Bonchev–Trinajstić information content (AvgIpc) is 2.48. The van der Waals surface area contributed by atoms with Gasteiger partial charge in [0, 0.05) is 25.3 Å². The van der Waals surface area contributed by atoms with Crippen LogP contribution in [0, 0.1) is 0 Å². The first kappa shape index (κ1) is 16.4. The predicted molar refractivity (Wildman–Crippen MR) is 85.7 cm³/mol. The number of sulfonamides is 1. The second kappa shape index (κ2) is 6.83. The summed E-state index contributed by atoms with van der Waals surface area (Å²) in [6.45, 7) is 3.42. The molecule has 5 nitrogen and oxygen atoms in total. The van der Waals surface area contributed by atoms with Gasteiger partial charge in [-0.2, -0.15) is 4.31 Å². The van der Waals surface area contributed by atoms with E-state index in [4.69, 9.17) is 22.7 Å². The monoisotopic (exact) mass is 328 g/mol. The molecule has 0 radical (unpaired) electrons. The van der Waals surface area contributed by atoms with E-state index in [2.05, 4.69) is 0 Å². The van der Waals surface area contributed by atoms with Crippen molar-refractivity contribution >= 4 is 27.2 Å². The molecule has 7 heteroatoms. The van der Waals surface area contributed by atoms with Crippen molar-refractivity contribution in [3.8, 4) is 0 Å².